The summed E-state index contributed by atoms with van der Waals surface area (Å²) in [7, 11) is 0. The Balaban J connectivity index is 1.66. The lowest BCUT2D eigenvalue weighted by molar-refractivity contribution is 0.437. The number of benzene rings is 1. The molecule has 2 aromatic heterocycles. The van der Waals surface area contributed by atoms with Gasteiger partial charge in [0.15, 0.2) is 17.0 Å². The summed E-state index contributed by atoms with van der Waals surface area (Å²) < 4.78 is 1.85. The summed E-state index contributed by atoms with van der Waals surface area (Å²) in [6.07, 6.45) is 4.02. The van der Waals surface area contributed by atoms with Crippen LogP contribution in [-0.4, -0.2) is 38.1 Å². The number of fused-ring (bicyclic) bond motifs is 1. The number of aromatic nitrogens is 5. The molecule has 1 aliphatic heterocycles. The van der Waals surface area contributed by atoms with E-state index in [0.29, 0.717) is 6.54 Å². The van der Waals surface area contributed by atoms with Gasteiger partial charge in [-0.3, -0.25) is 0 Å². The fourth-order valence-corrected chi connectivity index (χ4v) is 3.09. The Morgan fingerprint density at radius 1 is 1.09 bits per heavy atom. The van der Waals surface area contributed by atoms with E-state index in [4.69, 9.17) is 0 Å². The van der Waals surface area contributed by atoms with Gasteiger partial charge in [0, 0.05) is 13.1 Å². The van der Waals surface area contributed by atoms with Crippen molar-refractivity contribution in [2.24, 2.45) is 5.92 Å². The van der Waals surface area contributed by atoms with Gasteiger partial charge >= 0.3 is 0 Å². The third kappa shape index (κ3) is 2.76. The highest BCUT2D eigenvalue weighted by Gasteiger charge is 2.21. The first-order chi connectivity index (χ1) is 11.3. The van der Waals surface area contributed by atoms with E-state index in [-0.39, 0.29) is 0 Å². The van der Waals surface area contributed by atoms with Crippen molar-refractivity contribution in [3.8, 4) is 0 Å². The van der Waals surface area contributed by atoms with E-state index in [1.165, 1.54) is 18.4 Å². The van der Waals surface area contributed by atoms with Gasteiger partial charge in [-0.05, 0) is 24.3 Å². The van der Waals surface area contributed by atoms with Gasteiger partial charge < -0.3 is 4.90 Å². The zero-order valence-corrected chi connectivity index (χ0v) is 13.3. The normalized spacial score (nSPS) is 16.1. The van der Waals surface area contributed by atoms with Gasteiger partial charge in [-0.1, -0.05) is 42.5 Å². The predicted molar refractivity (Wildman–Crippen MR) is 89.3 cm³/mol. The second-order valence-corrected chi connectivity index (χ2v) is 6.27. The lowest BCUT2D eigenvalue weighted by atomic mass is 9.99. The third-order valence-electron chi connectivity index (χ3n) is 4.54. The minimum atomic E-state index is 0.671. The molecule has 0 unspecified atom stereocenters. The minimum absolute atomic E-state index is 0.671. The van der Waals surface area contributed by atoms with Gasteiger partial charge in [-0.15, -0.1) is 5.10 Å². The fourth-order valence-electron chi connectivity index (χ4n) is 3.09. The molecule has 0 radical (unpaired) electrons. The van der Waals surface area contributed by atoms with Gasteiger partial charge in [0.25, 0.3) is 0 Å². The van der Waals surface area contributed by atoms with Gasteiger partial charge in [0.05, 0.1) is 6.54 Å². The molecule has 1 aromatic carbocycles. The summed E-state index contributed by atoms with van der Waals surface area (Å²) in [6.45, 7) is 5.03. The molecule has 0 aliphatic carbocycles. The molecule has 1 saturated heterocycles. The summed E-state index contributed by atoms with van der Waals surface area (Å²) in [5.74, 6) is 1.71. The molecule has 0 spiro atoms. The zero-order valence-electron chi connectivity index (χ0n) is 13.3. The summed E-state index contributed by atoms with van der Waals surface area (Å²) in [6, 6.07) is 10.2. The van der Waals surface area contributed by atoms with Crippen LogP contribution in [0.3, 0.4) is 0 Å². The van der Waals surface area contributed by atoms with E-state index in [1.54, 1.807) is 6.33 Å². The molecule has 0 atom stereocenters. The highest BCUT2D eigenvalue weighted by atomic mass is 15.4. The molecule has 3 aromatic rings. The second-order valence-electron chi connectivity index (χ2n) is 6.27. The van der Waals surface area contributed by atoms with Gasteiger partial charge in [0.1, 0.15) is 6.33 Å². The van der Waals surface area contributed by atoms with Crippen LogP contribution in [0, 0.1) is 5.92 Å². The van der Waals surface area contributed by atoms with Crippen LogP contribution in [0.15, 0.2) is 36.7 Å². The Labute approximate surface area is 135 Å². The van der Waals surface area contributed by atoms with Crippen molar-refractivity contribution in [2.45, 2.75) is 26.3 Å². The Bertz CT molecular complexity index is 789. The second kappa shape index (κ2) is 5.95. The van der Waals surface area contributed by atoms with Crippen LogP contribution in [0.5, 0.6) is 0 Å². The van der Waals surface area contributed by atoms with Crippen molar-refractivity contribution >= 4 is 17.0 Å². The molecule has 1 aliphatic rings. The van der Waals surface area contributed by atoms with Crippen LogP contribution in [0.2, 0.25) is 0 Å². The summed E-state index contributed by atoms with van der Waals surface area (Å²) in [5, 5.41) is 8.65. The van der Waals surface area contributed by atoms with Gasteiger partial charge in [0.2, 0.25) is 0 Å². The molecule has 23 heavy (non-hydrogen) atoms. The Morgan fingerprint density at radius 2 is 1.87 bits per heavy atom. The van der Waals surface area contributed by atoms with Crippen molar-refractivity contribution < 1.29 is 0 Å². The first kappa shape index (κ1) is 14.1. The summed E-state index contributed by atoms with van der Waals surface area (Å²) in [5.41, 5.74) is 2.79. The highest BCUT2D eigenvalue weighted by molar-refractivity contribution is 5.82. The van der Waals surface area contributed by atoms with Crippen LogP contribution in [-0.2, 0) is 6.54 Å². The molecule has 0 amide bonds. The van der Waals surface area contributed by atoms with Crippen molar-refractivity contribution in [2.75, 3.05) is 18.0 Å². The molecule has 6 nitrogen and oxygen atoms in total. The molecule has 0 bridgehead atoms. The van der Waals surface area contributed by atoms with E-state index in [9.17, 15) is 0 Å². The van der Waals surface area contributed by atoms with Crippen LogP contribution in [0.25, 0.3) is 11.2 Å². The molecule has 3 heterocycles. The van der Waals surface area contributed by atoms with Crippen LogP contribution in [0.4, 0.5) is 5.82 Å². The van der Waals surface area contributed by atoms with Crippen LogP contribution in [0.1, 0.15) is 25.3 Å². The molecule has 1 fully saturated rings. The third-order valence-corrected chi connectivity index (χ3v) is 4.54. The monoisotopic (exact) mass is 308 g/mol. The SMILES string of the molecule is CC1CCN(c2ncnc3c2nnn3Cc2ccccc2)CC1. The Kier molecular flexibility index (Phi) is 3.65. The van der Waals surface area contributed by atoms with Crippen molar-refractivity contribution in [1.29, 1.82) is 0 Å². The average Bonchev–Trinajstić information content (AvgIpc) is 3.00. The molecular formula is C17H20N6. The number of rotatable bonds is 3. The minimum Gasteiger partial charge on any atom is -0.355 e. The largest absolute Gasteiger partial charge is 0.355 e. The van der Waals surface area contributed by atoms with Crippen molar-refractivity contribution in [1.82, 2.24) is 25.0 Å². The van der Waals surface area contributed by atoms with Gasteiger partial charge in [-0.2, -0.15) is 0 Å². The van der Waals surface area contributed by atoms with E-state index in [0.717, 1.165) is 36.0 Å². The van der Waals surface area contributed by atoms with E-state index in [2.05, 4.69) is 44.2 Å². The number of anilines is 1. The van der Waals surface area contributed by atoms with Crippen molar-refractivity contribution in [3.05, 3.63) is 42.2 Å². The van der Waals surface area contributed by atoms with Crippen molar-refractivity contribution in [3.63, 3.8) is 0 Å². The predicted octanol–water partition coefficient (Wildman–Crippen LogP) is 2.51. The fraction of sp³-hybridized carbons (Fsp3) is 0.412. The average molecular weight is 308 g/mol. The molecule has 0 saturated carbocycles. The maximum atomic E-state index is 4.47. The van der Waals surface area contributed by atoms with Crippen LogP contribution >= 0.6 is 0 Å². The number of nitrogens with zero attached hydrogens (tertiary/aromatic N) is 6. The zero-order chi connectivity index (χ0) is 15.6. The summed E-state index contributed by atoms with van der Waals surface area (Å²) >= 11 is 0. The molecule has 118 valence electrons. The van der Waals surface area contributed by atoms with Gasteiger partial charge in [-0.25, -0.2) is 14.6 Å². The molecule has 4 rings (SSSR count). The molecule has 0 N–H and O–H groups in total. The maximum Gasteiger partial charge on any atom is 0.184 e. The smallest absolute Gasteiger partial charge is 0.184 e. The number of hydrogen-bond donors (Lipinski definition) is 0. The van der Waals surface area contributed by atoms with E-state index < -0.39 is 0 Å². The quantitative estimate of drug-likeness (QED) is 0.744. The first-order valence-electron chi connectivity index (χ1n) is 8.14. The molecular weight excluding hydrogens is 288 g/mol. The number of hydrogen-bond acceptors (Lipinski definition) is 5. The molecule has 6 heteroatoms. The standard InChI is InChI=1S/C17H20N6/c1-13-7-9-22(10-8-13)16-15-17(19-12-18-16)23(21-20-15)11-14-5-3-2-4-6-14/h2-6,12-13H,7-11H2,1H3. The topological polar surface area (TPSA) is 59.7 Å². The lowest BCUT2D eigenvalue weighted by Crippen LogP contribution is -2.33. The van der Waals surface area contributed by atoms with E-state index in [1.807, 2.05) is 22.9 Å². The van der Waals surface area contributed by atoms with Crippen LogP contribution < -0.4 is 4.90 Å². The lowest BCUT2D eigenvalue weighted by Gasteiger charge is -2.30. The maximum absolute atomic E-state index is 4.47. The number of piperidine rings is 1. The highest BCUT2D eigenvalue weighted by Crippen LogP contribution is 2.25. The van der Waals surface area contributed by atoms with E-state index >= 15 is 0 Å². The Hall–Kier alpha value is -2.50. The Morgan fingerprint density at radius 3 is 2.65 bits per heavy atom. The summed E-state index contributed by atoms with van der Waals surface area (Å²) in [4.78, 5) is 11.2. The first-order valence-corrected chi connectivity index (χ1v) is 8.14.